The van der Waals surface area contributed by atoms with Gasteiger partial charge >= 0.3 is 64.3 Å². The topological polar surface area (TPSA) is 26.3 Å². The van der Waals surface area contributed by atoms with Crippen molar-refractivity contribution < 1.29 is 73.9 Å². The Morgan fingerprint density at radius 2 is 2.00 bits per heavy atom. The zero-order valence-corrected chi connectivity index (χ0v) is 12.5. The van der Waals surface area contributed by atoms with Gasteiger partial charge in [-0.3, -0.25) is 0 Å². The third kappa shape index (κ3) is 3.57. The van der Waals surface area contributed by atoms with Crippen LogP contribution in [0.4, 0.5) is 12.9 Å². The molecule has 0 unspecified atom stereocenters. The molecule has 0 aliphatic rings. The van der Waals surface area contributed by atoms with Crippen molar-refractivity contribution in [3.05, 3.63) is 15.8 Å². The van der Waals surface area contributed by atoms with Crippen molar-refractivity contribution in [1.29, 1.82) is 0 Å². The molecule has 0 atom stereocenters. The Labute approximate surface area is 132 Å². The van der Waals surface area contributed by atoms with E-state index in [0.717, 1.165) is 18.4 Å². The van der Waals surface area contributed by atoms with E-state index in [1.165, 1.54) is 12.3 Å². The second-order valence-corrected chi connectivity index (χ2v) is 3.61. The number of carbonyl (C=O) groups excluding carboxylic acids is 1. The number of aryl methyl sites for hydroxylation is 1. The van der Waals surface area contributed by atoms with Crippen LogP contribution in [-0.4, -0.2) is 20.1 Å². The Morgan fingerprint density at radius 1 is 1.47 bits per heavy atom. The number of halogens is 3. The summed E-state index contributed by atoms with van der Waals surface area (Å²) in [7, 11) is 1.06. The first-order valence-corrected chi connectivity index (χ1v) is 4.62. The quantitative estimate of drug-likeness (QED) is 0.499. The molecule has 15 heavy (non-hydrogen) atoms. The van der Waals surface area contributed by atoms with Crippen LogP contribution in [0.15, 0.2) is 5.38 Å². The first-order chi connectivity index (χ1) is 6.38. The summed E-state index contributed by atoms with van der Waals surface area (Å²) in [6.07, 6.45) is 0. The van der Waals surface area contributed by atoms with E-state index in [-0.39, 0.29) is 61.8 Å². The number of thiophene rings is 1. The van der Waals surface area contributed by atoms with E-state index in [1.54, 1.807) is 0 Å². The second kappa shape index (κ2) is 5.83. The number of esters is 1. The molecule has 1 aromatic rings. The van der Waals surface area contributed by atoms with Gasteiger partial charge < -0.3 is 17.7 Å². The average molecular weight is 262 g/mol. The monoisotopic (exact) mass is 262 g/mol. The summed E-state index contributed by atoms with van der Waals surface area (Å²) < 4.78 is 41.8. The van der Waals surface area contributed by atoms with Crippen molar-refractivity contribution in [3.8, 4) is 0 Å². The second-order valence-electron chi connectivity index (χ2n) is 2.73. The summed E-state index contributed by atoms with van der Waals surface area (Å²) in [6.45, 7) is -3.82. The molecule has 0 aliphatic carbocycles. The number of rotatable bonds is 2. The maximum absolute atomic E-state index is 12.5. The van der Waals surface area contributed by atoms with Crippen LogP contribution in [0, 0.1) is 6.92 Å². The van der Waals surface area contributed by atoms with Crippen molar-refractivity contribution >= 4 is 29.7 Å². The minimum Gasteiger partial charge on any atom is -0.465 e. The molecular formula is C7H7BF3KO2S. The molecule has 78 valence electrons. The largest absolute Gasteiger partial charge is 1.00 e. The van der Waals surface area contributed by atoms with E-state index in [1.807, 2.05) is 0 Å². The molecule has 0 aromatic carbocycles. The van der Waals surface area contributed by atoms with Crippen LogP contribution in [0.25, 0.3) is 0 Å². The first kappa shape index (κ1) is 15.7. The third-order valence-corrected chi connectivity index (χ3v) is 2.81. The summed E-state index contributed by atoms with van der Waals surface area (Å²) in [5.41, 5.74) is -0.759. The van der Waals surface area contributed by atoms with E-state index < -0.39 is 18.4 Å². The maximum atomic E-state index is 12.5. The average Bonchev–Trinajstić information content (AvgIpc) is 2.44. The zero-order chi connectivity index (χ0) is 10.9. The molecule has 8 heteroatoms. The molecule has 1 rings (SSSR count). The van der Waals surface area contributed by atoms with Gasteiger partial charge in [0.05, 0.1) is 12.0 Å². The molecule has 0 amide bonds. The van der Waals surface area contributed by atoms with Gasteiger partial charge in [-0.2, -0.15) is 0 Å². The van der Waals surface area contributed by atoms with E-state index in [4.69, 9.17) is 0 Å². The fourth-order valence-corrected chi connectivity index (χ4v) is 2.13. The number of ether oxygens (including phenoxy) is 1. The van der Waals surface area contributed by atoms with Gasteiger partial charge in [0, 0.05) is 0 Å². The predicted octanol–water partition coefficient (Wildman–Crippen LogP) is -1.10. The van der Waals surface area contributed by atoms with Gasteiger partial charge in [-0.1, -0.05) is 11.0 Å². The van der Waals surface area contributed by atoms with Crippen LogP contribution in [0.3, 0.4) is 0 Å². The molecule has 0 fully saturated rings. The van der Waals surface area contributed by atoms with E-state index in [0.29, 0.717) is 0 Å². The molecule has 2 nitrogen and oxygen atoms in total. The summed E-state index contributed by atoms with van der Waals surface area (Å²) in [5, 5.41) is 1.30. The third-order valence-electron chi connectivity index (χ3n) is 1.72. The van der Waals surface area contributed by atoms with Gasteiger partial charge in [0.1, 0.15) is 0 Å². The molecule has 0 radical (unpaired) electrons. The van der Waals surface area contributed by atoms with Gasteiger partial charge in [-0.25, -0.2) is 4.79 Å². The zero-order valence-electron chi connectivity index (χ0n) is 8.51. The Hall–Kier alpha value is 0.661. The van der Waals surface area contributed by atoms with Gasteiger partial charge in [0.2, 0.25) is 0 Å². The Morgan fingerprint density at radius 3 is 2.40 bits per heavy atom. The normalized spacial score (nSPS) is 10.7. The SMILES string of the molecule is COC(=O)c1scc(C)c1[B-](F)(F)F.[K+]. The molecule has 0 N–H and O–H groups in total. The molecular weight excluding hydrogens is 255 g/mol. The summed E-state index contributed by atoms with van der Waals surface area (Å²) >= 11 is 0.757. The van der Waals surface area contributed by atoms with Crippen LogP contribution in [0.2, 0.25) is 0 Å². The molecule has 0 spiro atoms. The minimum absolute atomic E-state index is 0. The van der Waals surface area contributed by atoms with Gasteiger partial charge in [-0.15, -0.1) is 11.3 Å². The Balaban J connectivity index is 0.00000196. The molecule has 0 saturated heterocycles. The molecule has 0 aliphatic heterocycles. The van der Waals surface area contributed by atoms with Crippen molar-refractivity contribution in [2.75, 3.05) is 7.11 Å². The van der Waals surface area contributed by atoms with Gasteiger partial charge in [-0.05, 0) is 12.3 Å². The van der Waals surface area contributed by atoms with Gasteiger partial charge in [0.15, 0.2) is 0 Å². The fraction of sp³-hybridized carbons (Fsp3) is 0.286. The molecule has 0 saturated carbocycles. The predicted molar refractivity (Wildman–Crippen MR) is 49.1 cm³/mol. The molecule has 0 bridgehead atoms. The Kier molecular flexibility index (Phi) is 6.09. The van der Waals surface area contributed by atoms with Gasteiger partial charge in [0.25, 0.3) is 0 Å². The fourth-order valence-electron chi connectivity index (χ4n) is 1.11. The van der Waals surface area contributed by atoms with Crippen molar-refractivity contribution in [3.63, 3.8) is 0 Å². The number of methoxy groups -OCH3 is 1. The summed E-state index contributed by atoms with van der Waals surface area (Å²) in [5.74, 6) is -0.933. The standard InChI is InChI=1S/C7H7BF3O2S.K/c1-4-3-14-6(7(12)13-2)5(4)8(9,10)11;/h3H,1-2H3;/q-1;+1. The van der Waals surface area contributed by atoms with Crippen molar-refractivity contribution in [1.82, 2.24) is 0 Å². The molecule has 1 heterocycles. The summed E-state index contributed by atoms with van der Waals surface area (Å²) in [6, 6.07) is 0. The number of hydrogen-bond acceptors (Lipinski definition) is 3. The van der Waals surface area contributed by atoms with Crippen LogP contribution < -0.4 is 56.8 Å². The first-order valence-electron chi connectivity index (χ1n) is 3.74. The van der Waals surface area contributed by atoms with Crippen molar-refractivity contribution in [2.45, 2.75) is 6.92 Å². The summed E-state index contributed by atoms with van der Waals surface area (Å²) in [4.78, 5) is 10.6. The van der Waals surface area contributed by atoms with E-state index in [2.05, 4.69) is 4.74 Å². The van der Waals surface area contributed by atoms with Crippen LogP contribution in [0.1, 0.15) is 15.2 Å². The van der Waals surface area contributed by atoms with E-state index in [9.17, 15) is 17.7 Å². The van der Waals surface area contributed by atoms with Crippen LogP contribution >= 0.6 is 11.3 Å². The van der Waals surface area contributed by atoms with E-state index >= 15 is 0 Å². The molecule has 1 aromatic heterocycles. The van der Waals surface area contributed by atoms with Crippen LogP contribution in [-0.2, 0) is 4.74 Å². The smallest absolute Gasteiger partial charge is 0.465 e. The number of carbonyl (C=O) groups is 1. The minimum atomic E-state index is -5.15. The number of hydrogen-bond donors (Lipinski definition) is 0. The Bertz CT molecular complexity index is 364. The maximum Gasteiger partial charge on any atom is 1.00 e. The van der Waals surface area contributed by atoms with Crippen molar-refractivity contribution in [2.24, 2.45) is 0 Å². The van der Waals surface area contributed by atoms with Crippen LogP contribution in [0.5, 0.6) is 0 Å².